The van der Waals surface area contributed by atoms with Gasteiger partial charge in [0.25, 0.3) is 0 Å². The highest BCUT2D eigenvalue weighted by molar-refractivity contribution is 6.74. The maximum absolute atomic E-state index is 15.1. The van der Waals surface area contributed by atoms with Crippen LogP contribution in [0.4, 0.5) is 0 Å². The Balaban J connectivity index is 1.32. The van der Waals surface area contributed by atoms with Crippen LogP contribution in [0.25, 0.3) is 0 Å². The summed E-state index contributed by atoms with van der Waals surface area (Å²) in [6.45, 7) is 11.7. The lowest BCUT2D eigenvalue weighted by molar-refractivity contribution is -0.162. The summed E-state index contributed by atoms with van der Waals surface area (Å²) in [5.41, 5.74) is 4.72. The van der Waals surface area contributed by atoms with Crippen LogP contribution in [-0.2, 0) is 54.4 Å². The summed E-state index contributed by atoms with van der Waals surface area (Å²) in [6, 6.07) is 42.0. The van der Waals surface area contributed by atoms with Gasteiger partial charge in [-0.2, -0.15) is 0 Å². The molecule has 3 atom stereocenters. The van der Waals surface area contributed by atoms with Crippen molar-refractivity contribution in [1.82, 2.24) is 0 Å². The Morgan fingerprint density at radius 3 is 1.75 bits per heavy atom. The summed E-state index contributed by atoms with van der Waals surface area (Å²) >= 11 is 6.81. The molecule has 0 spiro atoms. The second kappa shape index (κ2) is 22.1. The van der Waals surface area contributed by atoms with Gasteiger partial charge in [0.2, 0.25) is 0 Å². The van der Waals surface area contributed by atoms with Gasteiger partial charge in [-0.15, -0.1) is 0 Å². The lowest BCUT2D eigenvalue weighted by atomic mass is 9.94. The van der Waals surface area contributed by atoms with E-state index in [9.17, 15) is 4.79 Å². The predicted molar refractivity (Wildman–Crippen MR) is 243 cm³/mol. The molecule has 5 aromatic rings. The fourth-order valence-corrected chi connectivity index (χ4v) is 7.54. The van der Waals surface area contributed by atoms with E-state index < -0.39 is 26.6 Å². The first-order valence-corrected chi connectivity index (χ1v) is 24.4. The van der Waals surface area contributed by atoms with Crippen LogP contribution in [-0.4, -0.2) is 64.1 Å². The minimum Gasteiger partial charge on any atom is -0.491 e. The van der Waals surface area contributed by atoms with E-state index in [0.29, 0.717) is 36.3 Å². The third kappa shape index (κ3) is 14.0. The van der Waals surface area contributed by atoms with Crippen LogP contribution in [0.15, 0.2) is 133 Å². The standard InChI is InChI=1S/C51H59ClO8Si/c1-51(2,3)61(4,5)60-36-46(53)48(57-33-38-15-9-6-10-16-38)50(59-35-40-19-13-8-14-20-40)49(58-34-39-17-11-7-12-18-39)47(54)41-23-28-45(52)42(32-41)31-37-21-24-43(25-22-37)55-29-30-56-44-26-27-44/h6-25,28,32,44,48-50H,26-27,29-31,33-36H2,1-5H3. The van der Waals surface area contributed by atoms with Crippen molar-refractivity contribution in [2.24, 2.45) is 0 Å². The molecule has 0 aromatic heterocycles. The Bertz CT molecular complexity index is 2120. The smallest absolute Gasteiger partial charge is 0.194 e. The van der Waals surface area contributed by atoms with E-state index in [1.165, 1.54) is 0 Å². The van der Waals surface area contributed by atoms with E-state index in [0.717, 1.165) is 46.4 Å². The average Bonchev–Trinajstić information content (AvgIpc) is 4.10. The molecule has 0 N–H and O–H groups in total. The number of carbonyl (C=O) groups is 2. The van der Waals surface area contributed by atoms with E-state index in [-0.39, 0.29) is 43.0 Å². The van der Waals surface area contributed by atoms with Gasteiger partial charge in [0.1, 0.15) is 30.7 Å². The quantitative estimate of drug-likeness (QED) is 0.0344. The Labute approximate surface area is 367 Å². The normalized spacial score (nSPS) is 14.6. The molecule has 0 saturated heterocycles. The van der Waals surface area contributed by atoms with Gasteiger partial charge in [0, 0.05) is 10.6 Å². The topological polar surface area (TPSA) is 89.5 Å². The van der Waals surface area contributed by atoms with Crippen LogP contribution in [0, 0.1) is 0 Å². The highest BCUT2D eigenvalue weighted by Gasteiger charge is 2.43. The molecule has 10 heteroatoms. The first-order valence-electron chi connectivity index (χ1n) is 21.2. The zero-order valence-electron chi connectivity index (χ0n) is 36.0. The second-order valence-electron chi connectivity index (χ2n) is 17.1. The molecule has 0 aliphatic heterocycles. The third-order valence-electron chi connectivity index (χ3n) is 11.3. The van der Waals surface area contributed by atoms with Crippen LogP contribution in [0.5, 0.6) is 5.75 Å². The molecular formula is C51H59ClO8Si. The van der Waals surface area contributed by atoms with Crippen molar-refractivity contribution in [2.75, 3.05) is 19.8 Å². The SMILES string of the molecule is CC(C)(C)[Si](C)(C)OCC(=O)C(OCc1ccccc1)C(OCc1ccccc1)C(OCc1ccccc1)C(=O)c1ccc(Cl)c(Cc2ccc(OCCOC3CC3)cc2)c1. The first-order chi connectivity index (χ1) is 29.4. The number of benzene rings is 5. The molecule has 0 bridgehead atoms. The largest absolute Gasteiger partial charge is 0.491 e. The summed E-state index contributed by atoms with van der Waals surface area (Å²) in [6.07, 6.45) is -0.546. The number of hydrogen-bond acceptors (Lipinski definition) is 8. The molecule has 0 heterocycles. The van der Waals surface area contributed by atoms with Gasteiger partial charge in [0.05, 0.1) is 39.1 Å². The molecule has 322 valence electrons. The average molecular weight is 864 g/mol. The molecule has 61 heavy (non-hydrogen) atoms. The molecule has 5 aromatic carbocycles. The predicted octanol–water partition coefficient (Wildman–Crippen LogP) is 11.0. The van der Waals surface area contributed by atoms with Crippen molar-refractivity contribution in [3.05, 3.63) is 172 Å². The van der Waals surface area contributed by atoms with Gasteiger partial charge < -0.3 is 28.1 Å². The molecule has 1 saturated carbocycles. The lowest BCUT2D eigenvalue weighted by Crippen LogP contribution is -2.52. The summed E-state index contributed by atoms with van der Waals surface area (Å²) in [4.78, 5) is 29.8. The van der Waals surface area contributed by atoms with Gasteiger partial charge in [-0.3, -0.25) is 9.59 Å². The Morgan fingerprint density at radius 2 is 1.21 bits per heavy atom. The maximum Gasteiger partial charge on any atom is 0.194 e. The Kier molecular flexibility index (Phi) is 16.7. The monoisotopic (exact) mass is 862 g/mol. The van der Waals surface area contributed by atoms with Crippen molar-refractivity contribution >= 4 is 31.5 Å². The van der Waals surface area contributed by atoms with E-state index in [1.54, 1.807) is 18.2 Å². The molecule has 0 radical (unpaired) electrons. The number of halogens is 1. The lowest BCUT2D eigenvalue weighted by Gasteiger charge is -2.37. The molecule has 8 nitrogen and oxygen atoms in total. The molecular weight excluding hydrogens is 804 g/mol. The molecule has 6 rings (SSSR count). The number of ether oxygens (including phenoxy) is 5. The molecule has 1 aliphatic rings. The summed E-state index contributed by atoms with van der Waals surface area (Å²) in [7, 11) is -2.36. The number of hydrogen-bond donors (Lipinski definition) is 0. The summed E-state index contributed by atoms with van der Waals surface area (Å²) < 4.78 is 38.0. The minimum atomic E-state index is -2.36. The highest BCUT2D eigenvalue weighted by Crippen LogP contribution is 2.37. The number of rotatable bonds is 24. The van der Waals surface area contributed by atoms with Crippen molar-refractivity contribution < 1.29 is 37.7 Å². The van der Waals surface area contributed by atoms with Crippen LogP contribution in [0.2, 0.25) is 23.2 Å². The third-order valence-corrected chi connectivity index (χ3v) is 16.1. The summed E-state index contributed by atoms with van der Waals surface area (Å²) in [5, 5.41) is 0.385. The van der Waals surface area contributed by atoms with Crippen molar-refractivity contribution in [3.8, 4) is 5.75 Å². The van der Waals surface area contributed by atoms with Crippen molar-refractivity contribution in [3.63, 3.8) is 0 Å². The summed E-state index contributed by atoms with van der Waals surface area (Å²) in [5.74, 6) is 0.0570. The van der Waals surface area contributed by atoms with E-state index in [1.807, 2.05) is 115 Å². The van der Waals surface area contributed by atoms with Crippen LogP contribution >= 0.6 is 11.6 Å². The van der Waals surface area contributed by atoms with E-state index in [2.05, 4.69) is 33.9 Å². The van der Waals surface area contributed by atoms with Crippen LogP contribution < -0.4 is 4.74 Å². The van der Waals surface area contributed by atoms with Crippen molar-refractivity contribution in [2.45, 2.75) is 102 Å². The maximum atomic E-state index is 15.1. The molecule has 3 unspecified atom stereocenters. The minimum absolute atomic E-state index is 0.0874. The Morgan fingerprint density at radius 1 is 0.672 bits per heavy atom. The van der Waals surface area contributed by atoms with Crippen LogP contribution in [0.1, 0.15) is 71.8 Å². The molecule has 1 fully saturated rings. The van der Waals surface area contributed by atoms with E-state index >= 15 is 4.79 Å². The highest BCUT2D eigenvalue weighted by atomic mass is 35.5. The molecule has 0 amide bonds. The second-order valence-corrected chi connectivity index (χ2v) is 22.3. The van der Waals surface area contributed by atoms with Gasteiger partial charge in [-0.05, 0) is 95.5 Å². The fourth-order valence-electron chi connectivity index (χ4n) is 6.42. The first kappa shape index (κ1) is 46.1. The zero-order valence-corrected chi connectivity index (χ0v) is 37.8. The van der Waals surface area contributed by atoms with Crippen molar-refractivity contribution in [1.29, 1.82) is 0 Å². The Hall–Kier alpha value is -4.45. The number of carbonyl (C=O) groups excluding carboxylic acids is 2. The van der Waals surface area contributed by atoms with Gasteiger partial charge in [-0.1, -0.05) is 136 Å². The van der Waals surface area contributed by atoms with Gasteiger partial charge in [0.15, 0.2) is 19.9 Å². The van der Waals surface area contributed by atoms with Gasteiger partial charge >= 0.3 is 0 Å². The number of Topliss-reactive ketones (excluding diaryl/α,β-unsaturated/α-hetero) is 2. The van der Waals surface area contributed by atoms with E-state index in [4.69, 9.17) is 39.7 Å². The van der Waals surface area contributed by atoms with Gasteiger partial charge in [-0.25, -0.2) is 0 Å². The fraction of sp³-hybridized carbons (Fsp3) is 0.373. The van der Waals surface area contributed by atoms with Crippen LogP contribution in [0.3, 0.4) is 0 Å². The molecule has 1 aliphatic carbocycles. The number of ketones is 2. The zero-order chi connectivity index (χ0) is 43.2.